The Balaban J connectivity index is 1.92. The predicted molar refractivity (Wildman–Crippen MR) is 58.8 cm³/mol. The standard InChI is InChI=1S/C11H16N2O3/c1-2-6-15-11(4-1,9-3-7-16-13-9)10-12-5-8-14-10/h1-8H2. The van der Waals surface area contributed by atoms with Crippen LogP contribution in [0.25, 0.3) is 0 Å². The molecule has 0 amide bonds. The van der Waals surface area contributed by atoms with E-state index in [4.69, 9.17) is 14.3 Å². The molecule has 5 heteroatoms. The third kappa shape index (κ3) is 1.50. The molecule has 0 radical (unpaired) electrons. The fourth-order valence-corrected chi connectivity index (χ4v) is 2.48. The molecular weight excluding hydrogens is 208 g/mol. The zero-order chi connectivity index (χ0) is 10.8. The Kier molecular flexibility index (Phi) is 2.55. The molecule has 3 rings (SSSR count). The summed E-state index contributed by atoms with van der Waals surface area (Å²) < 4.78 is 11.6. The Morgan fingerprint density at radius 3 is 2.75 bits per heavy atom. The van der Waals surface area contributed by atoms with Crippen LogP contribution in [0.2, 0.25) is 0 Å². The van der Waals surface area contributed by atoms with Gasteiger partial charge in [0.15, 0.2) is 5.60 Å². The summed E-state index contributed by atoms with van der Waals surface area (Å²) in [5, 5.41) is 4.11. The molecular formula is C11H16N2O3. The van der Waals surface area contributed by atoms with Crippen LogP contribution in [0, 0.1) is 0 Å². The lowest BCUT2D eigenvalue weighted by molar-refractivity contribution is 0.00410. The Hall–Kier alpha value is -1.10. The van der Waals surface area contributed by atoms with Crippen LogP contribution in [0.4, 0.5) is 0 Å². The maximum Gasteiger partial charge on any atom is 0.222 e. The molecule has 3 heterocycles. The van der Waals surface area contributed by atoms with E-state index >= 15 is 0 Å². The van der Waals surface area contributed by atoms with Crippen molar-refractivity contribution in [3.05, 3.63) is 0 Å². The van der Waals surface area contributed by atoms with Crippen LogP contribution in [0.5, 0.6) is 0 Å². The highest BCUT2D eigenvalue weighted by molar-refractivity contribution is 6.12. The summed E-state index contributed by atoms with van der Waals surface area (Å²) in [5.74, 6) is 0.719. The van der Waals surface area contributed by atoms with Gasteiger partial charge in [-0.2, -0.15) is 0 Å². The second-order valence-electron chi connectivity index (χ2n) is 4.29. The van der Waals surface area contributed by atoms with E-state index in [1.54, 1.807) is 0 Å². The van der Waals surface area contributed by atoms with Crippen molar-refractivity contribution in [3.8, 4) is 0 Å². The highest BCUT2D eigenvalue weighted by atomic mass is 16.6. The van der Waals surface area contributed by atoms with Crippen LogP contribution >= 0.6 is 0 Å². The van der Waals surface area contributed by atoms with Crippen molar-refractivity contribution >= 4 is 11.6 Å². The lowest BCUT2D eigenvalue weighted by Gasteiger charge is -2.35. The third-order valence-corrected chi connectivity index (χ3v) is 3.27. The molecule has 5 nitrogen and oxygen atoms in total. The smallest absolute Gasteiger partial charge is 0.222 e. The van der Waals surface area contributed by atoms with Gasteiger partial charge >= 0.3 is 0 Å². The highest BCUT2D eigenvalue weighted by Gasteiger charge is 2.47. The number of hydrogen-bond acceptors (Lipinski definition) is 5. The lowest BCUT2D eigenvalue weighted by Crippen LogP contribution is -2.51. The monoisotopic (exact) mass is 224 g/mol. The van der Waals surface area contributed by atoms with Crippen molar-refractivity contribution in [2.45, 2.75) is 31.3 Å². The van der Waals surface area contributed by atoms with Gasteiger partial charge in [-0.15, -0.1) is 0 Å². The quantitative estimate of drug-likeness (QED) is 0.706. The average molecular weight is 224 g/mol. The Labute approximate surface area is 94.5 Å². The van der Waals surface area contributed by atoms with E-state index in [-0.39, 0.29) is 0 Å². The van der Waals surface area contributed by atoms with Crippen LogP contribution < -0.4 is 0 Å². The van der Waals surface area contributed by atoms with E-state index in [2.05, 4.69) is 10.1 Å². The second-order valence-corrected chi connectivity index (χ2v) is 4.29. The van der Waals surface area contributed by atoms with Crippen molar-refractivity contribution in [1.29, 1.82) is 0 Å². The van der Waals surface area contributed by atoms with Crippen molar-refractivity contribution < 1.29 is 14.3 Å². The predicted octanol–water partition coefficient (Wildman–Crippen LogP) is 1.13. The van der Waals surface area contributed by atoms with E-state index in [1.165, 1.54) is 0 Å². The van der Waals surface area contributed by atoms with Crippen molar-refractivity contribution in [3.63, 3.8) is 0 Å². The molecule has 0 spiro atoms. The first-order valence-corrected chi connectivity index (χ1v) is 5.93. The first kappa shape index (κ1) is 10.1. The maximum atomic E-state index is 5.97. The number of rotatable bonds is 2. The van der Waals surface area contributed by atoms with Gasteiger partial charge in [-0.1, -0.05) is 5.16 Å². The minimum atomic E-state index is -0.509. The van der Waals surface area contributed by atoms with Gasteiger partial charge in [0.1, 0.15) is 18.9 Å². The molecule has 16 heavy (non-hydrogen) atoms. The van der Waals surface area contributed by atoms with Gasteiger partial charge < -0.3 is 14.3 Å². The average Bonchev–Trinajstić information content (AvgIpc) is 3.04. The molecule has 1 unspecified atom stereocenters. The van der Waals surface area contributed by atoms with E-state index in [9.17, 15) is 0 Å². The highest BCUT2D eigenvalue weighted by Crippen LogP contribution is 2.32. The largest absolute Gasteiger partial charge is 0.477 e. The molecule has 0 saturated carbocycles. The van der Waals surface area contributed by atoms with Crippen molar-refractivity contribution in [2.24, 2.45) is 10.1 Å². The minimum Gasteiger partial charge on any atom is -0.477 e. The normalized spacial score (nSPS) is 34.0. The van der Waals surface area contributed by atoms with Crippen molar-refractivity contribution in [1.82, 2.24) is 0 Å². The first-order chi connectivity index (χ1) is 7.92. The number of aliphatic imine (C=N–C) groups is 1. The molecule has 3 aliphatic rings. The molecule has 0 bridgehead atoms. The Morgan fingerprint density at radius 2 is 2.12 bits per heavy atom. The van der Waals surface area contributed by atoms with Gasteiger partial charge in [-0.3, -0.25) is 0 Å². The third-order valence-electron chi connectivity index (χ3n) is 3.27. The number of hydrogen-bond donors (Lipinski definition) is 0. The van der Waals surface area contributed by atoms with E-state index in [1.807, 2.05) is 0 Å². The number of nitrogens with zero attached hydrogens (tertiary/aromatic N) is 2. The molecule has 0 aromatic rings. The maximum absolute atomic E-state index is 5.97. The van der Waals surface area contributed by atoms with Gasteiger partial charge in [0.2, 0.25) is 5.90 Å². The lowest BCUT2D eigenvalue weighted by atomic mass is 9.87. The summed E-state index contributed by atoms with van der Waals surface area (Å²) in [6.07, 6.45) is 3.96. The summed E-state index contributed by atoms with van der Waals surface area (Å²) in [4.78, 5) is 9.50. The zero-order valence-electron chi connectivity index (χ0n) is 9.28. The summed E-state index contributed by atoms with van der Waals surface area (Å²) >= 11 is 0. The number of ether oxygens (including phenoxy) is 2. The summed E-state index contributed by atoms with van der Waals surface area (Å²) in [6.45, 7) is 2.79. The second kappa shape index (κ2) is 4.05. The van der Waals surface area contributed by atoms with Crippen LogP contribution in [0.1, 0.15) is 25.7 Å². The zero-order valence-corrected chi connectivity index (χ0v) is 9.28. The Morgan fingerprint density at radius 1 is 1.12 bits per heavy atom. The summed E-state index contributed by atoms with van der Waals surface area (Å²) in [5.41, 5.74) is 0.443. The van der Waals surface area contributed by atoms with Crippen LogP contribution in [0.15, 0.2) is 10.1 Å². The van der Waals surface area contributed by atoms with Gasteiger partial charge in [-0.05, 0) is 19.3 Å². The SMILES string of the molecule is C1CCC(C2=NOCC2)(C2=NCCO2)OC1. The van der Waals surface area contributed by atoms with Gasteiger partial charge in [-0.25, -0.2) is 4.99 Å². The molecule has 88 valence electrons. The molecule has 3 aliphatic heterocycles. The first-order valence-electron chi connectivity index (χ1n) is 5.93. The number of oxime groups is 1. The van der Waals surface area contributed by atoms with Gasteiger partial charge in [0.05, 0.1) is 6.54 Å². The fourth-order valence-electron chi connectivity index (χ4n) is 2.48. The summed E-state index contributed by atoms with van der Waals surface area (Å²) in [6, 6.07) is 0. The van der Waals surface area contributed by atoms with E-state index in [0.29, 0.717) is 13.2 Å². The fraction of sp³-hybridized carbons (Fsp3) is 0.818. The molecule has 1 atom stereocenters. The topological polar surface area (TPSA) is 52.4 Å². The molecule has 1 fully saturated rings. The van der Waals surface area contributed by atoms with Crippen LogP contribution in [-0.2, 0) is 14.3 Å². The van der Waals surface area contributed by atoms with Crippen LogP contribution in [0.3, 0.4) is 0 Å². The van der Waals surface area contributed by atoms with Gasteiger partial charge in [0, 0.05) is 13.0 Å². The van der Waals surface area contributed by atoms with Crippen LogP contribution in [-0.4, -0.2) is 43.6 Å². The van der Waals surface area contributed by atoms with Gasteiger partial charge in [0.25, 0.3) is 0 Å². The van der Waals surface area contributed by atoms with Crippen molar-refractivity contribution in [2.75, 3.05) is 26.4 Å². The molecule has 0 aromatic heterocycles. The molecule has 1 saturated heterocycles. The molecule has 0 N–H and O–H groups in total. The van der Waals surface area contributed by atoms with E-state index < -0.39 is 5.60 Å². The van der Waals surface area contributed by atoms with E-state index in [0.717, 1.165) is 50.4 Å². The Bertz CT molecular complexity index is 306. The minimum absolute atomic E-state index is 0.509. The molecule has 0 aromatic carbocycles. The molecule has 0 aliphatic carbocycles. The summed E-state index contributed by atoms with van der Waals surface area (Å²) in [7, 11) is 0.